The summed E-state index contributed by atoms with van der Waals surface area (Å²) in [5, 5.41) is 4.92. The lowest BCUT2D eigenvalue weighted by Crippen LogP contribution is -2.28. The van der Waals surface area contributed by atoms with Crippen molar-refractivity contribution in [3.8, 4) is 22.3 Å². The number of nitrogens with zero attached hydrogens (tertiary/aromatic N) is 1. The molecule has 0 saturated carbocycles. The maximum Gasteiger partial charge on any atom is 0.0746 e. The molecule has 1 heteroatoms. The Labute approximate surface area is 268 Å². The molecule has 1 spiro atoms. The van der Waals surface area contributed by atoms with E-state index in [-0.39, 0.29) is 0 Å². The van der Waals surface area contributed by atoms with Gasteiger partial charge in [-0.25, -0.2) is 0 Å². The SMILES string of the molecule is c1ccc2c(c1)-c1ccccc1C21c2ccccc2-c2cccc(N(c3cccc4ccccc34)c3cccc4ccccc34)c21. The first-order valence-electron chi connectivity index (χ1n) is 16.0. The highest BCUT2D eigenvalue weighted by Crippen LogP contribution is 2.65. The van der Waals surface area contributed by atoms with E-state index in [0.717, 1.165) is 0 Å². The third-order valence-corrected chi connectivity index (χ3v) is 10.2. The van der Waals surface area contributed by atoms with Crippen LogP contribution in [0.1, 0.15) is 22.3 Å². The average Bonchev–Trinajstić information content (AvgIpc) is 3.60. The summed E-state index contributed by atoms with van der Waals surface area (Å²) < 4.78 is 0. The van der Waals surface area contributed by atoms with E-state index in [1.54, 1.807) is 0 Å². The fourth-order valence-corrected chi connectivity index (χ4v) is 8.52. The smallest absolute Gasteiger partial charge is 0.0746 e. The van der Waals surface area contributed by atoms with E-state index < -0.39 is 5.41 Å². The molecule has 10 rings (SSSR count). The molecule has 214 valence electrons. The monoisotopic (exact) mass is 583 g/mol. The molecule has 2 aliphatic carbocycles. The van der Waals surface area contributed by atoms with Gasteiger partial charge in [0.2, 0.25) is 0 Å². The number of benzene rings is 8. The largest absolute Gasteiger partial charge is 0.309 e. The Bertz CT molecular complexity index is 2350. The van der Waals surface area contributed by atoms with Gasteiger partial charge in [-0.15, -0.1) is 0 Å². The molecule has 0 bridgehead atoms. The Kier molecular flexibility index (Phi) is 5.27. The summed E-state index contributed by atoms with van der Waals surface area (Å²) >= 11 is 0. The van der Waals surface area contributed by atoms with Gasteiger partial charge in [0.05, 0.1) is 22.5 Å². The Morgan fingerprint density at radius 2 is 0.674 bits per heavy atom. The van der Waals surface area contributed by atoms with Gasteiger partial charge in [-0.1, -0.05) is 158 Å². The quantitative estimate of drug-likeness (QED) is 0.200. The van der Waals surface area contributed by atoms with Crippen molar-refractivity contribution in [1.29, 1.82) is 0 Å². The van der Waals surface area contributed by atoms with Gasteiger partial charge < -0.3 is 4.90 Å². The lowest BCUT2D eigenvalue weighted by molar-refractivity contribution is 0.793. The van der Waals surface area contributed by atoms with Crippen LogP contribution in [0.2, 0.25) is 0 Å². The summed E-state index contributed by atoms with van der Waals surface area (Å²) in [6, 6.07) is 65.1. The van der Waals surface area contributed by atoms with Crippen LogP contribution in [-0.2, 0) is 5.41 Å². The van der Waals surface area contributed by atoms with Crippen molar-refractivity contribution >= 4 is 38.6 Å². The zero-order chi connectivity index (χ0) is 30.2. The van der Waals surface area contributed by atoms with Gasteiger partial charge in [0.15, 0.2) is 0 Å². The van der Waals surface area contributed by atoms with Crippen LogP contribution in [0.5, 0.6) is 0 Å². The Morgan fingerprint density at radius 1 is 0.304 bits per heavy atom. The van der Waals surface area contributed by atoms with Crippen LogP contribution >= 0.6 is 0 Å². The van der Waals surface area contributed by atoms with Crippen LogP contribution < -0.4 is 4.90 Å². The number of anilines is 3. The molecule has 0 fully saturated rings. The molecule has 0 radical (unpaired) electrons. The molecule has 8 aromatic carbocycles. The number of hydrogen-bond donors (Lipinski definition) is 0. The van der Waals surface area contributed by atoms with Crippen LogP contribution in [0.4, 0.5) is 17.1 Å². The maximum atomic E-state index is 2.54. The van der Waals surface area contributed by atoms with Gasteiger partial charge in [-0.2, -0.15) is 0 Å². The molecule has 2 aliphatic rings. The van der Waals surface area contributed by atoms with Crippen molar-refractivity contribution in [2.45, 2.75) is 5.41 Å². The summed E-state index contributed by atoms with van der Waals surface area (Å²) in [4.78, 5) is 2.54. The van der Waals surface area contributed by atoms with E-state index >= 15 is 0 Å². The predicted molar refractivity (Wildman–Crippen MR) is 192 cm³/mol. The highest BCUT2D eigenvalue weighted by atomic mass is 15.1. The minimum Gasteiger partial charge on any atom is -0.309 e. The summed E-state index contributed by atoms with van der Waals surface area (Å²) in [6.07, 6.45) is 0. The summed E-state index contributed by atoms with van der Waals surface area (Å²) in [5.74, 6) is 0. The van der Waals surface area contributed by atoms with Gasteiger partial charge in [0, 0.05) is 16.3 Å². The van der Waals surface area contributed by atoms with Crippen molar-refractivity contribution in [2.24, 2.45) is 0 Å². The Hall–Kier alpha value is -5.92. The third kappa shape index (κ3) is 3.24. The fraction of sp³-hybridized carbons (Fsp3) is 0.0222. The molecule has 0 heterocycles. The van der Waals surface area contributed by atoms with Gasteiger partial charge in [-0.05, 0) is 67.9 Å². The first-order chi connectivity index (χ1) is 22.9. The second-order valence-electron chi connectivity index (χ2n) is 12.4. The van der Waals surface area contributed by atoms with Crippen LogP contribution in [-0.4, -0.2) is 0 Å². The Morgan fingerprint density at radius 3 is 1.22 bits per heavy atom. The zero-order valence-corrected chi connectivity index (χ0v) is 25.2. The molecule has 0 saturated heterocycles. The first kappa shape index (κ1) is 25.4. The topological polar surface area (TPSA) is 3.24 Å². The van der Waals surface area contributed by atoms with E-state index in [2.05, 4.69) is 181 Å². The molecule has 8 aromatic rings. The van der Waals surface area contributed by atoms with Crippen molar-refractivity contribution in [3.63, 3.8) is 0 Å². The minimum absolute atomic E-state index is 0.455. The molecule has 0 N–H and O–H groups in total. The van der Waals surface area contributed by atoms with E-state index in [4.69, 9.17) is 0 Å². The van der Waals surface area contributed by atoms with Crippen molar-refractivity contribution in [3.05, 3.63) is 198 Å². The first-order valence-corrected chi connectivity index (χ1v) is 16.0. The molecule has 0 unspecified atom stereocenters. The number of fused-ring (bicyclic) bond motifs is 12. The van der Waals surface area contributed by atoms with Gasteiger partial charge in [0.25, 0.3) is 0 Å². The van der Waals surface area contributed by atoms with Crippen molar-refractivity contribution < 1.29 is 0 Å². The lowest BCUT2D eigenvalue weighted by Gasteiger charge is -2.36. The van der Waals surface area contributed by atoms with Gasteiger partial charge in [0.1, 0.15) is 0 Å². The van der Waals surface area contributed by atoms with Crippen LogP contribution in [0.3, 0.4) is 0 Å². The number of hydrogen-bond acceptors (Lipinski definition) is 1. The van der Waals surface area contributed by atoms with Crippen LogP contribution in [0.25, 0.3) is 43.8 Å². The lowest BCUT2D eigenvalue weighted by atomic mass is 9.70. The highest BCUT2D eigenvalue weighted by molar-refractivity contribution is 6.07. The van der Waals surface area contributed by atoms with E-state index in [1.165, 1.54) is 83.1 Å². The molecule has 0 aliphatic heterocycles. The predicted octanol–water partition coefficient (Wildman–Crippen LogP) is 11.8. The van der Waals surface area contributed by atoms with Gasteiger partial charge in [-0.3, -0.25) is 0 Å². The Balaban J connectivity index is 1.39. The summed E-state index contributed by atoms with van der Waals surface area (Å²) in [7, 11) is 0. The normalized spacial score (nSPS) is 13.4. The van der Waals surface area contributed by atoms with Crippen molar-refractivity contribution in [2.75, 3.05) is 4.90 Å². The molecule has 0 amide bonds. The van der Waals surface area contributed by atoms with Crippen molar-refractivity contribution in [1.82, 2.24) is 0 Å². The molecule has 0 atom stereocenters. The third-order valence-electron chi connectivity index (χ3n) is 10.2. The molecular weight excluding hydrogens is 555 g/mol. The average molecular weight is 584 g/mol. The second-order valence-corrected chi connectivity index (χ2v) is 12.4. The zero-order valence-electron chi connectivity index (χ0n) is 25.2. The number of rotatable bonds is 3. The minimum atomic E-state index is -0.455. The second kappa shape index (κ2) is 9.54. The molecule has 0 aromatic heterocycles. The standard InChI is InChI=1S/C45H29N/c1-3-18-32-30(14-1)16-11-27-41(32)46(42-28-12-17-31-15-2-4-19-33(31)42)43-29-13-23-37-36-22-7-10-26-40(36)45(44(37)43)38-24-8-5-20-34(38)35-21-6-9-25-39(35)45/h1-29H. The molecule has 1 nitrogen and oxygen atoms in total. The maximum absolute atomic E-state index is 2.54. The summed E-state index contributed by atoms with van der Waals surface area (Å²) in [5.41, 5.74) is 13.7. The summed E-state index contributed by atoms with van der Waals surface area (Å²) in [6.45, 7) is 0. The van der Waals surface area contributed by atoms with Crippen LogP contribution in [0.15, 0.2) is 176 Å². The molecular formula is C45H29N. The van der Waals surface area contributed by atoms with Crippen LogP contribution in [0, 0.1) is 0 Å². The van der Waals surface area contributed by atoms with E-state index in [9.17, 15) is 0 Å². The highest BCUT2D eigenvalue weighted by Gasteiger charge is 2.53. The fourth-order valence-electron chi connectivity index (χ4n) is 8.52. The van der Waals surface area contributed by atoms with E-state index in [0.29, 0.717) is 0 Å². The van der Waals surface area contributed by atoms with E-state index in [1.807, 2.05) is 0 Å². The van der Waals surface area contributed by atoms with Gasteiger partial charge >= 0.3 is 0 Å². The molecule has 46 heavy (non-hydrogen) atoms.